The molecule has 2 saturated heterocycles. The van der Waals surface area contributed by atoms with E-state index in [0.29, 0.717) is 37.7 Å². The highest BCUT2D eigenvalue weighted by molar-refractivity contribution is 5.96. The van der Waals surface area contributed by atoms with Crippen LogP contribution in [0.15, 0.2) is 12.4 Å². The number of urea groups is 1. The van der Waals surface area contributed by atoms with Crippen LogP contribution >= 0.6 is 0 Å². The lowest BCUT2D eigenvalue weighted by atomic mass is 9.82. The summed E-state index contributed by atoms with van der Waals surface area (Å²) in [6.45, 7) is 5.98. The van der Waals surface area contributed by atoms with Crippen LogP contribution < -0.4 is 4.74 Å². The molecule has 0 N–H and O–H groups in total. The van der Waals surface area contributed by atoms with Crippen LogP contribution in [0.4, 0.5) is 4.79 Å². The van der Waals surface area contributed by atoms with Crippen LogP contribution in [-0.4, -0.2) is 64.6 Å². The Labute approximate surface area is 140 Å². The van der Waals surface area contributed by atoms with Crippen LogP contribution in [0.25, 0.3) is 0 Å². The molecule has 1 unspecified atom stereocenters. The second-order valence-electron chi connectivity index (χ2n) is 6.80. The summed E-state index contributed by atoms with van der Waals surface area (Å²) in [4.78, 5) is 35.9. The molecule has 130 valence electrons. The minimum atomic E-state index is -0.296. The third-order valence-corrected chi connectivity index (χ3v) is 4.52. The first kappa shape index (κ1) is 16.6. The van der Waals surface area contributed by atoms with Crippen LogP contribution in [0.3, 0.4) is 0 Å². The van der Waals surface area contributed by atoms with Crippen molar-refractivity contribution in [3.05, 3.63) is 18.1 Å². The normalized spacial score (nSPS) is 23.2. The van der Waals surface area contributed by atoms with Crippen molar-refractivity contribution >= 4 is 11.9 Å². The van der Waals surface area contributed by atoms with Crippen LogP contribution in [0.5, 0.6) is 5.88 Å². The highest BCUT2D eigenvalue weighted by atomic mass is 16.5. The smallest absolute Gasteiger partial charge is 0.327 e. The van der Waals surface area contributed by atoms with Crippen molar-refractivity contribution in [2.24, 2.45) is 5.41 Å². The van der Waals surface area contributed by atoms with Crippen LogP contribution in [0.1, 0.15) is 26.0 Å². The molecule has 8 nitrogen and oxygen atoms in total. The monoisotopic (exact) mass is 334 g/mol. The predicted molar refractivity (Wildman–Crippen MR) is 84.2 cm³/mol. The molecular formula is C16H22N4O4. The van der Waals surface area contributed by atoms with Gasteiger partial charge in [0.25, 0.3) is 0 Å². The van der Waals surface area contributed by atoms with Gasteiger partial charge in [-0.15, -0.1) is 0 Å². The molecule has 2 aliphatic rings. The number of hydrogen-bond donors (Lipinski definition) is 0. The molecule has 3 rings (SSSR count). The lowest BCUT2D eigenvalue weighted by molar-refractivity contribution is -0.174. The molecule has 1 atom stereocenters. The van der Waals surface area contributed by atoms with Gasteiger partial charge in [-0.05, 0) is 0 Å². The first-order chi connectivity index (χ1) is 11.4. The van der Waals surface area contributed by atoms with E-state index >= 15 is 0 Å². The van der Waals surface area contributed by atoms with Crippen molar-refractivity contribution in [2.45, 2.75) is 32.9 Å². The Kier molecular flexibility index (Phi) is 4.40. The van der Waals surface area contributed by atoms with Crippen molar-refractivity contribution in [1.29, 1.82) is 0 Å². The molecule has 24 heavy (non-hydrogen) atoms. The van der Waals surface area contributed by atoms with Gasteiger partial charge in [0.15, 0.2) is 0 Å². The van der Waals surface area contributed by atoms with Crippen LogP contribution in [-0.2, 0) is 16.1 Å². The summed E-state index contributed by atoms with van der Waals surface area (Å²) in [5.74, 6) is 0.198. The molecule has 0 radical (unpaired) electrons. The second kappa shape index (κ2) is 6.35. The number of hydrogen-bond acceptors (Lipinski definition) is 6. The Morgan fingerprint density at radius 3 is 2.67 bits per heavy atom. The molecular weight excluding hydrogens is 312 g/mol. The van der Waals surface area contributed by atoms with E-state index in [9.17, 15) is 9.59 Å². The van der Waals surface area contributed by atoms with Gasteiger partial charge in [-0.3, -0.25) is 14.7 Å². The van der Waals surface area contributed by atoms with Gasteiger partial charge in [-0.2, -0.15) is 0 Å². The third kappa shape index (κ3) is 3.19. The van der Waals surface area contributed by atoms with E-state index in [1.807, 2.05) is 0 Å². The second-order valence-corrected chi connectivity index (χ2v) is 6.80. The lowest BCUT2D eigenvalue weighted by Gasteiger charge is -2.47. The molecule has 0 saturated carbocycles. The van der Waals surface area contributed by atoms with Crippen molar-refractivity contribution in [2.75, 3.05) is 26.8 Å². The SMILES string of the molecule is COc1cnc(CN2C(=O)CCN(CC3OCC3(C)C)C2=O)cn1. The molecule has 1 aromatic rings. The summed E-state index contributed by atoms with van der Waals surface area (Å²) < 4.78 is 10.5. The fraction of sp³-hybridized carbons (Fsp3) is 0.625. The van der Waals surface area contributed by atoms with E-state index < -0.39 is 0 Å². The Balaban J connectivity index is 1.67. The summed E-state index contributed by atoms with van der Waals surface area (Å²) in [5, 5.41) is 0. The number of carbonyl (C=O) groups excluding carboxylic acids is 2. The van der Waals surface area contributed by atoms with Gasteiger partial charge >= 0.3 is 6.03 Å². The number of aromatic nitrogens is 2. The Hall–Kier alpha value is -2.22. The Morgan fingerprint density at radius 1 is 1.33 bits per heavy atom. The fourth-order valence-electron chi connectivity index (χ4n) is 2.79. The molecule has 0 spiro atoms. The quantitative estimate of drug-likeness (QED) is 0.800. The number of methoxy groups -OCH3 is 1. The molecule has 8 heteroatoms. The van der Waals surface area contributed by atoms with Gasteiger partial charge in [0.2, 0.25) is 11.8 Å². The number of nitrogens with zero attached hydrogens (tertiary/aromatic N) is 4. The van der Waals surface area contributed by atoms with Crippen molar-refractivity contribution in [3.8, 4) is 5.88 Å². The van der Waals surface area contributed by atoms with E-state index in [-0.39, 0.29) is 30.0 Å². The molecule has 2 aliphatic heterocycles. The minimum Gasteiger partial charge on any atom is -0.480 e. The number of carbonyl (C=O) groups is 2. The first-order valence-corrected chi connectivity index (χ1v) is 7.96. The van der Waals surface area contributed by atoms with E-state index in [1.165, 1.54) is 24.4 Å². The van der Waals surface area contributed by atoms with Gasteiger partial charge in [0, 0.05) is 24.9 Å². The maximum atomic E-state index is 12.7. The average Bonchev–Trinajstić information content (AvgIpc) is 2.57. The maximum Gasteiger partial charge on any atom is 0.327 e. The maximum absolute atomic E-state index is 12.7. The van der Waals surface area contributed by atoms with Crippen LogP contribution in [0.2, 0.25) is 0 Å². The highest BCUT2D eigenvalue weighted by Crippen LogP contribution is 2.34. The number of amides is 3. The standard InChI is InChI=1S/C16H22N4O4/c1-16(2)10-24-12(16)9-19-5-4-14(21)20(15(19)22)8-11-6-18-13(23-3)7-17-11/h6-7,12H,4-5,8-10H2,1-3H3. The van der Waals surface area contributed by atoms with E-state index in [1.54, 1.807) is 4.90 Å². The highest BCUT2D eigenvalue weighted by Gasteiger charge is 2.43. The summed E-state index contributed by atoms with van der Waals surface area (Å²) in [6.07, 6.45) is 3.30. The van der Waals surface area contributed by atoms with Gasteiger partial charge in [0.1, 0.15) is 0 Å². The third-order valence-electron chi connectivity index (χ3n) is 4.52. The summed E-state index contributed by atoms with van der Waals surface area (Å²) in [6, 6.07) is -0.296. The predicted octanol–water partition coefficient (Wildman–Crippen LogP) is 1.06. The molecule has 3 heterocycles. The zero-order chi connectivity index (χ0) is 17.3. The minimum absolute atomic E-state index is 0.0114. The van der Waals surface area contributed by atoms with Gasteiger partial charge in [-0.1, -0.05) is 13.8 Å². The van der Waals surface area contributed by atoms with Gasteiger partial charge in [0.05, 0.1) is 44.5 Å². The molecule has 3 amide bonds. The van der Waals surface area contributed by atoms with Crippen molar-refractivity contribution in [3.63, 3.8) is 0 Å². The fourth-order valence-corrected chi connectivity index (χ4v) is 2.79. The summed E-state index contributed by atoms with van der Waals surface area (Å²) in [5.41, 5.74) is 0.605. The van der Waals surface area contributed by atoms with E-state index in [0.717, 1.165) is 0 Å². The summed E-state index contributed by atoms with van der Waals surface area (Å²) in [7, 11) is 1.50. The Morgan fingerprint density at radius 2 is 2.12 bits per heavy atom. The van der Waals surface area contributed by atoms with Gasteiger partial charge < -0.3 is 14.4 Å². The molecule has 0 aromatic carbocycles. The van der Waals surface area contributed by atoms with Crippen LogP contribution in [0, 0.1) is 5.41 Å². The molecule has 2 fully saturated rings. The topological polar surface area (TPSA) is 84.9 Å². The van der Waals surface area contributed by atoms with Crippen molar-refractivity contribution in [1.82, 2.24) is 19.8 Å². The first-order valence-electron chi connectivity index (χ1n) is 7.96. The molecule has 0 bridgehead atoms. The molecule has 1 aromatic heterocycles. The zero-order valence-corrected chi connectivity index (χ0v) is 14.2. The van der Waals surface area contributed by atoms with E-state index in [4.69, 9.17) is 9.47 Å². The molecule has 0 aliphatic carbocycles. The number of imide groups is 1. The largest absolute Gasteiger partial charge is 0.480 e. The van der Waals surface area contributed by atoms with Crippen molar-refractivity contribution < 1.29 is 19.1 Å². The number of rotatable bonds is 5. The number of ether oxygens (including phenoxy) is 2. The van der Waals surface area contributed by atoms with E-state index in [2.05, 4.69) is 23.8 Å². The zero-order valence-electron chi connectivity index (χ0n) is 14.2. The summed E-state index contributed by atoms with van der Waals surface area (Å²) >= 11 is 0. The average molecular weight is 334 g/mol. The van der Waals surface area contributed by atoms with Gasteiger partial charge in [-0.25, -0.2) is 9.78 Å². The lowest BCUT2D eigenvalue weighted by Crippen LogP contribution is -2.59. The Bertz CT molecular complexity index is 631.